The molecule has 0 bridgehead atoms. The number of nitrogens with one attached hydrogen (secondary N) is 1. The minimum Gasteiger partial charge on any atom is -0.488 e. The van der Waals surface area contributed by atoms with Crippen LogP contribution in [-0.4, -0.2) is 26.6 Å². The van der Waals surface area contributed by atoms with Crippen molar-refractivity contribution in [3.8, 4) is 5.75 Å². The molecular formula is C24H23N5O3. The van der Waals surface area contributed by atoms with Gasteiger partial charge in [-0.25, -0.2) is 9.67 Å². The van der Waals surface area contributed by atoms with Crippen molar-refractivity contribution in [3.05, 3.63) is 83.7 Å². The van der Waals surface area contributed by atoms with E-state index in [1.807, 2.05) is 30.7 Å². The number of ether oxygens (including phenoxy) is 1. The number of pyridine rings is 1. The number of nitrogens with two attached hydrogens (primary N) is 1. The quantitative estimate of drug-likeness (QED) is 0.462. The van der Waals surface area contributed by atoms with Crippen LogP contribution in [0.25, 0.3) is 11.0 Å². The highest BCUT2D eigenvalue weighted by Gasteiger charge is 2.12. The third kappa shape index (κ3) is 4.44. The highest BCUT2D eigenvalue weighted by atomic mass is 16.5. The van der Waals surface area contributed by atoms with Gasteiger partial charge in [0.15, 0.2) is 5.65 Å². The Morgan fingerprint density at radius 1 is 1.09 bits per heavy atom. The van der Waals surface area contributed by atoms with Gasteiger partial charge in [0.05, 0.1) is 23.6 Å². The van der Waals surface area contributed by atoms with Crippen molar-refractivity contribution in [2.75, 3.05) is 5.32 Å². The second kappa shape index (κ2) is 8.89. The first-order valence-corrected chi connectivity index (χ1v) is 10.2. The molecule has 32 heavy (non-hydrogen) atoms. The zero-order valence-electron chi connectivity index (χ0n) is 17.8. The Labute approximate surface area is 185 Å². The lowest BCUT2D eigenvalue weighted by Gasteiger charge is -2.11. The molecule has 2 heterocycles. The molecule has 0 radical (unpaired) electrons. The van der Waals surface area contributed by atoms with Crippen molar-refractivity contribution in [2.24, 2.45) is 5.73 Å². The Morgan fingerprint density at radius 2 is 1.91 bits per heavy atom. The molecule has 0 unspecified atom stereocenters. The average Bonchev–Trinajstić information content (AvgIpc) is 3.21. The molecule has 3 N–H and O–H groups in total. The lowest BCUT2D eigenvalue weighted by Crippen LogP contribution is -2.14. The van der Waals surface area contributed by atoms with Crippen molar-refractivity contribution >= 4 is 28.5 Å². The Bertz CT molecular complexity index is 1300. The number of carbonyl (C=O) groups is 2. The van der Waals surface area contributed by atoms with Gasteiger partial charge in [0.25, 0.3) is 11.8 Å². The maximum Gasteiger partial charge on any atom is 0.255 e. The van der Waals surface area contributed by atoms with Crippen LogP contribution in [0.2, 0.25) is 0 Å². The number of anilines is 1. The van der Waals surface area contributed by atoms with Crippen molar-refractivity contribution in [1.82, 2.24) is 14.8 Å². The number of benzene rings is 2. The van der Waals surface area contributed by atoms with Gasteiger partial charge < -0.3 is 15.8 Å². The number of fused-ring (bicyclic) bond motifs is 1. The van der Waals surface area contributed by atoms with Gasteiger partial charge in [0.1, 0.15) is 12.4 Å². The molecule has 2 amide bonds. The first-order valence-electron chi connectivity index (χ1n) is 10.2. The van der Waals surface area contributed by atoms with Gasteiger partial charge in [-0.3, -0.25) is 9.59 Å². The third-order valence-electron chi connectivity index (χ3n) is 4.92. The smallest absolute Gasteiger partial charge is 0.255 e. The maximum atomic E-state index is 12.8. The molecule has 0 saturated carbocycles. The van der Waals surface area contributed by atoms with E-state index in [4.69, 9.17) is 10.5 Å². The summed E-state index contributed by atoms with van der Waals surface area (Å²) >= 11 is 0. The molecule has 4 aromatic rings. The summed E-state index contributed by atoms with van der Waals surface area (Å²) in [6.07, 6.45) is 3.36. The molecule has 0 fully saturated rings. The lowest BCUT2D eigenvalue weighted by atomic mass is 10.1. The lowest BCUT2D eigenvalue weighted by molar-refractivity contribution is 0.0994. The number of primary amides is 1. The summed E-state index contributed by atoms with van der Waals surface area (Å²) in [6.45, 7) is 4.26. The highest BCUT2D eigenvalue weighted by molar-refractivity contribution is 6.05. The van der Waals surface area contributed by atoms with Crippen molar-refractivity contribution < 1.29 is 14.3 Å². The Morgan fingerprint density at radius 3 is 2.69 bits per heavy atom. The van der Waals surface area contributed by atoms with Crippen molar-refractivity contribution in [3.63, 3.8) is 0 Å². The van der Waals surface area contributed by atoms with E-state index >= 15 is 0 Å². The molecule has 0 aliphatic rings. The van der Waals surface area contributed by atoms with Crippen LogP contribution in [0.5, 0.6) is 5.75 Å². The summed E-state index contributed by atoms with van der Waals surface area (Å²) in [6, 6.07) is 15.9. The van der Waals surface area contributed by atoms with Gasteiger partial charge in [-0.2, -0.15) is 5.10 Å². The highest BCUT2D eigenvalue weighted by Crippen LogP contribution is 2.21. The van der Waals surface area contributed by atoms with Crippen LogP contribution in [0.4, 0.5) is 5.69 Å². The van der Waals surface area contributed by atoms with E-state index in [9.17, 15) is 9.59 Å². The van der Waals surface area contributed by atoms with Gasteiger partial charge in [0, 0.05) is 17.0 Å². The summed E-state index contributed by atoms with van der Waals surface area (Å²) in [4.78, 5) is 28.8. The summed E-state index contributed by atoms with van der Waals surface area (Å²) in [5, 5.41) is 8.07. The van der Waals surface area contributed by atoms with Crippen LogP contribution in [-0.2, 0) is 6.61 Å². The fourth-order valence-electron chi connectivity index (χ4n) is 3.35. The first kappa shape index (κ1) is 21.0. The molecule has 0 aliphatic carbocycles. The molecule has 0 spiro atoms. The second-order valence-corrected chi connectivity index (χ2v) is 7.62. The predicted octanol–water partition coefficient (Wildman–Crippen LogP) is 3.94. The van der Waals surface area contributed by atoms with Crippen LogP contribution in [0.1, 0.15) is 46.2 Å². The predicted molar refractivity (Wildman–Crippen MR) is 122 cm³/mol. The van der Waals surface area contributed by atoms with Crippen LogP contribution >= 0.6 is 0 Å². The SMILES string of the molecule is CC(C)n1ncc2cc(NC(=O)c3cccc(COc4ccccc4C(N)=O)c3)cnc21. The molecule has 4 rings (SSSR count). The average molecular weight is 429 g/mol. The summed E-state index contributed by atoms with van der Waals surface area (Å²) in [5.74, 6) is -0.420. The minimum absolute atomic E-state index is 0.188. The van der Waals surface area contributed by atoms with Gasteiger partial charge >= 0.3 is 0 Å². The molecular weight excluding hydrogens is 406 g/mol. The second-order valence-electron chi connectivity index (χ2n) is 7.62. The number of carbonyl (C=O) groups excluding carboxylic acids is 2. The van der Waals surface area contributed by atoms with E-state index in [0.717, 1.165) is 16.6 Å². The topological polar surface area (TPSA) is 112 Å². The summed E-state index contributed by atoms with van der Waals surface area (Å²) < 4.78 is 7.59. The van der Waals surface area contributed by atoms with E-state index in [1.54, 1.807) is 54.9 Å². The number of amides is 2. The van der Waals surface area contributed by atoms with Crippen molar-refractivity contribution in [1.29, 1.82) is 0 Å². The first-order chi connectivity index (χ1) is 15.4. The third-order valence-corrected chi connectivity index (χ3v) is 4.92. The van der Waals surface area contributed by atoms with Gasteiger partial charge in [-0.15, -0.1) is 0 Å². The molecule has 2 aromatic heterocycles. The molecule has 0 saturated heterocycles. The van der Waals surface area contributed by atoms with Crippen LogP contribution in [0.3, 0.4) is 0 Å². The molecule has 2 aromatic carbocycles. The Hall–Kier alpha value is -4.20. The van der Waals surface area contributed by atoms with E-state index in [0.29, 0.717) is 22.6 Å². The minimum atomic E-state index is -0.557. The maximum absolute atomic E-state index is 12.8. The van der Waals surface area contributed by atoms with Crippen LogP contribution < -0.4 is 15.8 Å². The van der Waals surface area contributed by atoms with Crippen molar-refractivity contribution in [2.45, 2.75) is 26.5 Å². The number of hydrogen-bond donors (Lipinski definition) is 2. The molecule has 0 aliphatic heterocycles. The fourth-order valence-corrected chi connectivity index (χ4v) is 3.35. The van der Waals surface area contributed by atoms with Crippen LogP contribution in [0.15, 0.2) is 67.0 Å². The number of hydrogen-bond acceptors (Lipinski definition) is 5. The number of rotatable bonds is 7. The monoisotopic (exact) mass is 429 g/mol. The molecule has 0 atom stereocenters. The zero-order chi connectivity index (χ0) is 22.7. The molecule has 8 heteroatoms. The van der Waals surface area contributed by atoms with E-state index in [2.05, 4.69) is 15.4 Å². The van der Waals surface area contributed by atoms with E-state index in [1.165, 1.54) is 0 Å². The zero-order valence-corrected chi connectivity index (χ0v) is 17.8. The Kier molecular flexibility index (Phi) is 5.85. The van der Waals surface area contributed by atoms with Crippen LogP contribution in [0, 0.1) is 0 Å². The van der Waals surface area contributed by atoms with Gasteiger partial charge in [-0.1, -0.05) is 24.3 Å². The van der Waals surface area contributed by atoms with Gasteiger partial charge in [0.2, 0.25) is 0 Å². The normalized spacial score (nSPS) is 11.0. The molecule has 162 valence electrons. The van der Waals surface area contributed by atoms with Gasteiger partial charge in [-0.05, 0) is 49.7 Å². The standard InChI is InChI=1S/C24H23N5O3/c1-15(2)29-23-18(12-27-29)11-19(13-26-23)28-24(31)17-7-5-6-16(10-17)14-32-21-9-4-3-8-20(21)22(25)30/h3-13,15H,14H2,1-2H3,(H2,25,30)(H,28,31). The Balaban J connectivity index is 1.47. The summed E-state index contributed by atoms with van der Waals surface area (Å²) in [7, 11) is 0. The molecule has 8 nitrogen and oxygen atoms in total. The van der Waals surface area contributed by atoms with E-state index < -0.39 is 5.91 Å². The van der Waals surface area contributed by atoms with E-state index in [-0.39, 0.29) is 18.6 Å². The number of nitrogens with zero attached hydrogens (tertiary/aromatic N) is 3. The summed E-state index contributed by atoms with van der Waals surface area (Å²) in [5.41, 5.74) is 8.32. The number of aromatic nitrogens is 3. The number of para-hydroxylation sites is 1. The fraction of sp³-hybridized carbons (Fsp3) is 0.167. The largest absolute Gasteiger partial charge is 0.488 e.